The molecule has 5 fully saturated rings. The van der Waals surface area contributed by atoms with Crippen molar-refractivity contribution in [2.75, 3.05) is 17.2 Å². The van der Waals surface area contributed by atoms with E-state index >= 15 is 0 Å². The molecule has 7 rings (SSSR count). The van der Waals surface area contributed by atoms with Crippen molar-refractivity contribution in [2.24, 2.45) is 23.2 Å². The van der Waals surface area contributed by atoms with Crippen molar-refractivity contribution in [3.8, 4) is 11.8 Å². The highest BCUT2D eigenvalue weighted by molar-refractivity contribution is 5.53. The van der Waals surface area contributed by atoms with Crippen LogP contribution < -0.4 is 20.7 Å². The first kappa shape index (κ1) is 28.0. The maximum absolute atomic E-state index is 12.8. The summed E-state index contributed by atoms with van der Waals surface area (Å²) >= 11 is 0. The largest absolute Gasteiger partial charge is 0.573 e. The number of alkyl halides is 3. The van der Waals surface area contributed by atoms with Crippen LogP contribution in [0.4, 0.5) is 24.9 Å². The lowest BCUT2D eigenvalue weighted by molar-refractivity contribution is -0.274. The smallest absolute Gasteiger partial charge is 0.405 e. The second-order valence-electron chi connectivity index (χ2n) is 12.6. The maximum Gasteiger partial charge on any atom is 0.573 e. The van der Waals surface area contributed by atoms with Crippen LogP contribution in [0.1, 0.15) is 68.9 Å². The Bertz CT molecular complexity index is 1260. The van der Waals surface area contributed by atoms with Crippen LogP contribution in [0.2, 0.25) is 0 Å². The maximum atomic E-state index is 12.8. The standard InChI is InChI=1S/C30H37F3N6O2/c31-30(32,33)41-25-4-2-1-3-19(25)15-35-28-36-16-22(14-34)27(39-28)37-17-29-11-18-9-20(12-29)26(21(10-18)13-29)38-23-5-7-24(40)8-6-23/h1-4,16,18,20-21,23-24,26,38,40H,5-13,15,17H2,(H2,35,36,37,39)/t18?,20-,21?,23-,24-,26?,29+/m1/s1. The molecule has 0 amide bonds. The van der Waals surface area contributed by atoms with E-state index in [0.717, 1.165) is 51.0 Å². The summed E-state index contributed by atoms with van der Waals surface area (Å²) < 4.78 is 42.5. The van der Waals surface area contributed by atoms with Gasteiger partial charge < -0.3 is 25.8 Å². The van der Waals surface area contributed by atoms with Gasteiger partial charge in [0.2, 0.25) is 5.95 Å². The summed E-state index contributed by atoms with van der Waals surface area (Å²) in [5, 5.41) is 30.0. The first-order valence-corrected chi connectivity index (χ1v) is 14.7. The molecule has 4 N–H and O–H groups in total. The average Bonchev–Trinajstić information content (AvgIpc) is 2.93. The zero-order chi connectivity index (χ0) is 28.6. The number of aliphatic hydroxyl groups excluding tert-OH is 1. The fourth-order valence-corrected chi connectivity index (χ4v) is 8.20. The van der Waals surface area contributed by atoms with Gasteiger partial charge in [-0.05, 0) is 87.0 Å². The summed E-state index contributed by atoms with van der Waals surface area (Å²) in [7, 11) is 0. The predicted octanol–water partition coefficient (Wildman–Crippen LogP) is 5.36. The molecule has 4 bridgehead atoms. The van der Waals surface area contributed by atoms with Gasteiger partial charge in [-0.1, -0.05) is 18.2 Å². The molecule has 5 aliphatic rings. The highest BCUT2D eigenvalue weighted by Crippen LogP contribution is 2.60. The van der Waals surface area contributed by atoms with Gasteiger partial charge in [0.25, 0.3) is 0 Å². The molecule has 0 radical (unpaired) electrons. The van der Waals surface area contributed by atoms with E-state index in [9.17, 15) is 23.5 Å². The first-order valence-electron chi connectivity index (χ1n) is 14.7. The quantitative estimate of drug-likeness (QED) is 0.319. The molecule has 1 heterocycles. The monoisotopic (exact) mass is 570 g/mol. The highest BCUT2D eigenvalue weighted by Gasteiger charge is 2.55. The molecule has 8 nitrogen and oxygen atoms in total. The number of para-hydroxylation sites is 1. The molecule has 3 unspecified atom stereocenters. The van der Waals surface area contributed by atoms with Crippen LogP contribution in [0.3, 0.4) is 0 Å². The van der Waals surface area contributed by atoms with Crippen LogP contribution in [0, 0.1) is 34.5 Å². The molecular formula is C30H37F3N6O2. The molecule has 5 atom stereocenters. The third-order valence-electron chi connectivity index (χ3n) is 9.70. The summed E-state index contributed by atoms with van der Waals surface area (Å²) in [4.78, 5) is 8.73. The minimum Gasteiger partial charge on any atom is -0.405 e. The lowest BCUT2D eigenvalue weighted by atomic mass is 9.47. The summed E-state index contributed by atoms with van der Waals surface area (Å²) in [5.74, 6) is 2.41. The SMILES string of the molecule is N#Cc1cnc(NCc2ccccc2OC(F)(F)F)nc1NC[C@]12CC3CC(C1)C(N[C@H]1CC[C@H](O)CC1)[C@H](C3)C2. The van der Waals surface area contributed by atoms with Crippen LogP contribution >= 0.6 is 0 Å². The molecule has 220 valence electrons. The van der Waals surface area contributed by atoms with Gasteiger partial charge in [-0.25, -0.2) is 4.98 Å². The third kappa shape index (κ3) is 6.38. The summed E-state index contributed by atoms with van der Waals surface area (Å²) in [6.07, 6.45) is 6.42. The van der Waals surface area contributed by atoms with Crippen LogP contribution in [0.25, 0.3) is 0 Å². The van der Waals surface area contributed by atoms with Crippen molar-refractivity contribution in [1.82, 2.24) is 15.3 Å². The fraction of sp³-hybridized carbons (Fsp3) is 0.633. The van der Waals surface area contributed by atoms with Gasteiger partial charge in [-0.3, -0.25) is 0 Å². The molecule has 5 saturated carbocycles. The number of nitrogens with one attached hydrogen (secondary N) is 3. The van der Waals surface area contributed by atoms with Gasteiger partial charge in [-0.15, -0.1) is 13.2 Å². The summed E-state index contributed by atoms with van der Waals surface area (Å²) in [6, 6.07) is 9.14. The Labute approximate surface area is 238 Å². The first-order chi connectivity index (χ1) is 19.7. The van der Waals surface area contributed by atoms with E-state index in [-0.39, 0.29) is 29.8 Å². The van der Waals surface area contributed by atoms with Crippen LogP contribution in [0.15, 0.2) is 30.5 Å². The number of aliphatic hydroxyl groups is 1. The molecule has 0 aliphatic heterocycles. The number of nitriles is 1. The molecule has 0 saturated heterocycles. The van der Waals surface area contributed by atoms with Gasteiger partial charge in [0.15, 0.2) is 0 Å². The number of nitrogens with zero attached hydrogens (tertiary/aromatic N) is 3. The van der Waals surface area contributed by atoms with Crippen molar-refractivity contribution in [3.63, 3.8) is 0 Å². The number of ether oxygens (including phenoxy) is 1. The summed E-state index contributed by atoms with van der Waals surface area (Å²) in [6.45, 7) is 0.757. The number of anilines is 2. The molecule has 1 aromatic heterocycles. The average molecular weight is 571 g/mol. The molecule has 2 aromatic rings. The van der Waals surface area contributed by atoms with Gasteiger partial charge in [-0.2, -0.15) is 10.2 Å². The number of hydrogen-bond donors (Lipinski definition) is 4. The van der Waals surface area contributed by atoms with E-state index in [4.69, 9.17) is 0 Å². The second-order valence-corrected chi connectivity index (χ2v) is 12.6. The second kappa shape index (κ2) is 11.3. The Morgan fingerprint density at radius 1 is 1.05 bits per heavy atom. The van der Waals surface area contributed by atoms with E-state index in [2.05, 4.69) is 36.7 Å². The van der Waals surface area contributed by atoms with Crippen molar-refractivity contribution in [2.45, 2.75) is 88.9 Å². The Hall–Kier alpha value is -3.10. The van der Waals surface area contributed by atoms with Gasteiger partial charge in [0.05, 0.1) is 12.3 Å². The van der Waals surface area contributed by atoms with E-state index in [1.54, 1.807) is 12.1 Å². The van der Waals surface area contributed by atoms with E-state index in [1.165, 1.54) is 37.6 Å². The highest BCUT2D eigenvalue weighted by atomic mass is 19.4. The normalized spacial score (nSPS) is 32.4. The Kier molecular flexibility index (Phi) is 7.72. The minimum atomic E-state index is -4.79. The van der Waals surface area contributed by atoms with Gasteiger partial charge >= 0.3 is 6.36 Å². The number of benzene rings is 1. The van der Waals surface area contributed by atoms with Gasteiger partial charge in [0, 0.05) is 30.7 Å². The van der Waals surface area contributed by atoms with Crippen molar-refractivity contribution in [3.05, 3.63) is 41.6 Å². The van der Waals surface area contributed by atoms with Crippen molar-refractivity contribution >= 4 is 11.8 Å². The van der Waals surface area contributed by atoms with E-state index in [1.807, 2.05) is 0 Å². The van der Waals surface area contributed by atoms with Crippen LogP contribution in [-0.4, -0.2) is 46.2 Å². The molecule has 0 spiro atoms. The van der Waals surface area contributed by atoms with Crippen LogP contribution in [-0.2, 0) is 6.54 Å². The lowest BCUT2D eigenvalue weighted by Crippen LogP contribution is -2.61. The Balaban J connectivity index is 1.10. The third-order valence-corrected chi connectivity index (χ3v) is 9.70. The number of hydrogen-bond acceptors (Lipinski definition) is 8. The van der Waals surface area contributed by atoms with Crippen molar-refractivity contribution in [1.29, 1.82) is 5.26 Å². The number of aromatic nitrogens is 2. The predicted molar refractivity (Wildman–Crippen MR) is 147 cm³/mol. The molecule has 1 aromatic carbocycles. The number of halogens is 3. The van der Waals surface area contributed by atoms with Crippen molar-refractivity contribution < 1.29 is 23.0 Å². The molecule has 11 heteroatoms. The zero-order valence-electron chi connectivity index (χ0n) is 23.0. The Morgan fingerprint density at radius 3 is 2.49 bits per heavy atom. The molecular weight excluding hydrogens is 533 g/mol. The van der Waals surface area contributed by atoms with E-state index < -0.39 is 6.36 Å². The van der Waals surface area contributed by atoms with E-state index in [0.29, 0.717) is 40.9 Å². The lowest BCUT2D eigenvalue weighted by Gasteiger charge is -2.61. The fourth-order valence-electron chi connectivity index (χ4n) is 8.20. The minimum absolute atomic E-state index is 0.0287. The zero-order valence-corrected chi connectivity index (χ0v) is 23.0. The van der Waals surface area contributed by atoms with Crippen LogP contribution in [0.5, 0.6) is 5.75 Å². The summed E-state index contributed by atoms with van der Waals surface area (Å²) in [5.41, 5.74) is 0.810. The molecule has 41 heavy (non-hydrogen) atoms. The molecule has 5 aliphatic carbocycles. The topological polar surface area (TPSA) is 115 Å². The Morgan fingerprint density at radius 2 is 1.78 bits per heavy atom. The number of rotatable bonds is 9. The van der Waals surface area contributed by atoms with Gasteiger partial charge in [0.1, 0.15) is 23.2 Å².